The molecule has 6 nitrogen and oxygen atoms in total. The quantitative estimate of drug-likeness (QED) is 0.800. The minimum Gasteiger partial charge on any atom is -0.322 e. The monoisotopic (exact) mass is 325 g/mol. The molecule has 0 aliphatic heterocycles. The molecule has 3 aromatic rings. The summed E-state index contributed by atoms with van der Waals surface area (Å²) in [5, 5.41) is 14.5. The van der Waals surface area contributed by atoms with Gasteiger partial charge in [-0.1, -0.05) is 35.9 Å². The van der Waals surface area contributed by atoms with Crippen molar-refractivity contribution in [2.75, 3.05) is 5.32 Å². The molecule has 0 atom stereocenters. The van der Waals surface area contributed by atoms with Crippen LogP contribution in [0.1, 0.15) is 11.1 Å². The number of halogens is 1. The van der Waals surface area contributed by atoms with Crippen LogP contribution < -0.4 is 5.32 Å². The molecular formula is C17H16FN5O. The van der Waals surface area contributed by atoms with Crippen LogP contribution in [-0.4, -0.2) is 26.1 Å². The number of amides is 1. The van der Waals surface area contributed by atoms with Crippen molar-refractivity contribution in [2.24, 2.45) is 0 Å². The largest absolute Gasteiger partial charge is 0.322 e. The van der Waals surface area contributed by atoms with E-state index in [-0.39, 0.29) is 12.2 Å². The summed E-state index contributed by atoms with van der Waals surface area (Å²) in [6.45, 7) is 3.62. The molecule has 0 spiro atoms. The second-order valence-corrected chi connectivity index (χ2v) is 5.54. The number of hydrogen-bond donors (Lipinski definition) is 1. The first-order valence-electron chi connectivity index (χ1n) is 7.42. The molecule has 0 saturated heterocycles. The van der Waals surface area contributed by atoms with Crippen molar-refractivity contribution in [3.05, 3.63) is 59.4 Å². The number of carbonyl (C=O) groups excluding carboxylic acids is 1. The van der Waals surface area contributed by atoms with Gasteiger partial charge in [0.25, 0.3) is 0 Å². The highest BCUT2D eigenvalue weighted by Crippen LogP contribution is 2.16. The van der Waals surface area contributed by atoms with Gasteiger partial charge in [-0.2, -0.15) is 4.80 Å². The molecule has 1 aromatic heterocycles. The molecule has 0 fully saturated rings. The maximum absolute atomic E-state index is 13.7. The van der Waals surface area contributed by atoms with E-state index >= 15 is 0 Å². The first kappa shape index (κ1) is 15.8. The number of benzene rings is 2. The lowest BCUT2D eigenvalue weighted by molar-refractivity contribution is -0.117. The Hall–Kier alpha value is -3.09. The summed E-state index contributed by atoms with van der Waals surface area (Å²) < 4.78 is 13.7. The number of nitrogens with zero attached hydrogens (tertiary/aromatic N) is 4. The van der Waals surface area contributed by atoms with Crippen molar-refractivity contribution in [3.8, 4) is 11.4 Å². The fourth-order valence-corrected chi connectivity index (χ4v) is 2.17. The average molecular weight is 325 g/mol. The minimum atomic E-state index is -0.477. The van der Waals surface area contributed by atoms with Crippen LogP contribution in [0.15, 0.2) is 42.5 Å². The van der Waals surface area contributed by atoms with E-state index < -0.39 is 11.7 Å². The van der Waals surface area contributed by atoms with Crippen LogP contribution in [-0.2, 0) is 11.3 Å². The first-order valence-corrected chi connectivity index (χ1v) is 7.42. The van der Waals surface area contributed by atoms with Crippen molar-refractivity contribution in [1.82, 2.24) is 20.2 Å². The third-order valence-electron chi connectivity index (χ3n) is 3.45. The number of nitrogens with one attached hydrogen (secondary N) is 1. The maximum Gasteiger partial charge on any atom is 0.248 e. The number of carbonyl (C=O) groups is 1. The zero-order chi connectivity index (χ0) is 17.1. The second-order valence-electron chi connectivity index (χ2n) is 5.54. The van der Waals surface area contributed by atoms with Gasteiger partial charge in [0.15, 0.2) is 0 Å². The van der Waals surface area contributed by atoms with Crippen LogP contribution >= 0.6 is 0 Å². The van der Waals surface area contributed by atoms with Gasteiger partial charge in [-0.3, -0.25) is 4.79 Å². The molecule has 1 amide bonds. The molecule has 0 aliphatic carbocycles. The molecule has 0 unspecified atom stereocenters. The van der Waals surface area contributed by atoms with Crippen LogP contribution in [0.2, 0.25) is 0 Å². The standard InChI is InChI=1S/C17H16FN5O/c1-11-3-6-13(7-4-11)17-20-22-23(21-17)10-16(24)19-15-8-5-12(2)9-14(15)18/h3-9H,10H2,1-2H3,(H,19,24). The lowest BCUT2D eigenvalue weighted by atomic mass is 10.1. The Morgan fingerprint density at radius 3 is 2.54 bits per heavy atom. The van der Waals surface area contributed by atoms with Gasteiger partial charge in [-0.05, 0) is 36.8 Å². The van der Waals surface area contributed by atoms with Gasteiger partial charge in [0, 0.05) is 5.56 Å². The summed E-state index contributed by atoms with van der Waals surface area (Å²) >= 11 is 0. The van der Waals surface area contributed by atoms with Crippen molar-refractivity contribution < 1.29 is 9.18 Å². The summed E-state index contributed by atoms with van der Waals surface area (Å²) in [5.74, 6) is -0.467. The Bertz CT molecular complexity index is 873. The van der Waals surface area contributed by atoms with E-state index in [0.29, 0.717) is 5.82 Å². The van der Waals surface area contributed by atoms with Gasteiger partial charge < -0.3 is 5.32 Å². The van der Waals surface area contributed by atoms with E-state index in [4.69, 9.17) is 0 Å². The second kappa shape index (κ2) is 6.57. The number of tetrazole rings is 1. The van der Waals surface area contributed by atoms with Crippen LogP contribution in [0.3, 0.4) is 0 Å². The summed E-state index contributed by atoms with van der Waals surface area (Å²) in [5.41, 5.74) is 2.86. The fraction of sp³-hybridized carbons (Fsp3) is 0.176. The lowest BCUT2D eigenvalue weighted by Crippen LogP contribution is -2.21. The highest BCUT2D eigenvalue weighted by atomic mass is 19.1. The SMILES string of the molecule is Cc1ccc(-c2nnn(CC(=O)Nc3ccc(C)cc3F)n2)cc1. The van der Waals surface area contributed by atoms with E-state index in [0.717, 1.165) is 16.7 Å². The van der Waals surface area contributed by atoms with E-state index in [1.807, 2.05) is 31.2 Å². The Morgan fingerprint density at radius 2 is 1.83 bits per heavy atom. The van der Waals surface area contributed by atoms with Crippen LogP contribution in [0.5, 0.6) is 0 Å². The van der Waals surface area contributed by atoms with Crippen molar-refractivity contribution in [1.29, 1.82) is 0 Å². The molecule has 0 radical (unpaired) electrons. The van der Waals surface area contributed by atoms with E-state index in [1.54, 1.807) is 13.0 Å². The van der Waals surface area contributed by atoms with E-state index in [9.17, 15) is 9.18 Å². The number of anilines is 1. The topological polar surface area (TPSA) is 72.7 Å². The molecule has 0 bridgehead atoms. The summed E-state index contributed by atoms with van der Waals surface area (Å²) in [6, 6.07) is 12.3. The molecule has 1 N–H and O–H groups in total. The molecule has 0 aliphatic rings. The smallest absolute Gasteiger partial charge is 0.248 e. The van der Waals surface area contributed by atoms with E-state index in [1.165, 1.54) is 16.9 Å². The van der Waals surface area contributed by atoms with Gasteiger partial charge in [0.2, 0.25) is 11.7 Å². The third kappa shape index (κ3) is 3.62. The highest BCUT2D eigenvalue weighted by Gasteiger charge is 2.11. The fourth-order valence-electron chi connectivity index (χ4n) is 2.17. The Labute approximate surface area is 138 Å². The minimum absolute atomic E-state index is 0.129. The molecule has 122 valence electrons. The Balaban J connectivity index is 1.68. The molecule has 1 heterocycles. The van der Waals surface area contributed by atoms with Gasteiger partial charge >= 0.3 is 0 Å². The Kier molecular flexibility index (Phi) is 4.33. The predicted octanol–water partition coefficient (Wildman–Crippen LogP) is 2.73. The van der Waals surface area contributed by atoms with Crippen LogP contribution in [0, 0.1) is 19.7 Å². The average Bonchev–Trinajstić information content (AvgIpc) is 2.99. The summed E-state index contributed by atoms with van der Waals surface area (Å²) in [4.78, 5) is 13.2. The summed E-state index contributed by atoms with van der Waals surface area (Å²) in [6.07, 6.45) is 0. The molecule has 3 rings (SSSR count). The van der Waals surface area contributed by atoms with Crippen LogP contribution in [0.25, 0.3) is 11.4 Å². The number of hydrogen-bond acceptors (Lipinski definition) is 4. The third-order valence-corrected chi connectivity index (χ3v) is 3.45. The zero-order valence-corrected chi connectivity index (χ0v) is 13.3. The van der Waals surface area contributed by atoms with Crippen molar-refractivity contribution in [3.63, 3.8) is 0 Å². The number of rotatable bonds is 4. The summed E-state index contributed by atoms with van der Waals surface area (Å²) in [7, 11) is 0. The van der Waals surface area contributed by atoms with Gasteiger partial charge in [0.1, 0.15) is 12.4 Å². The predicted molar refractivity (Wildman–Crippen MR) is 87.8 cm³/mol. The van der Waals surface area contributed by atoms with Gasteiger partial charge in [0.05, 0.1) is 5.69 Å². The normalized spacial score (nSPS) is 10.6. The first-order chi connectivity index (χ1) is 11.5. The van der Waals surface area contributed by atoms with Gasteiger partial charge in [-0.15, -0.1) is 10.2 Å². The maximum atomic E-state index is 13.7. The van der Waals surface area contributed by atoms with Crippen molar-refractivity contribution >= 4 is 11.6 Å². The Morgan fingerprint density at radius 1 is 1.12 bits per heavy atom. The lowest BCUT2D eigenvalue weighted by Gasteiger charge is -2.06. The molecule has 7 heteroatoms. The number of aryl methyl sites for hydroxylation is 2. The highest BCUT2D eigenvalue weighted by molar-refractivity contribution is 5.90. The van der Waals surface area contributed by atoms with Crippen molar-refractivity contribution in [2.45, 2.75) is 20.4 Å². The molecule has 2 aromatic carbocycles. The van der Waals surface area contributed by atoms with E-state index in [2.05, 4.69) is 20.7 Å². The van der Waals surface area contributed by atoms with Gasteiger partial charge in [-0.25, -0.2) is 4.39 Å². The molecule has 24 heavy (non-hydrogen) atoms. The number of aromatic nitrogens is 4. The zero-order valence-electron chi connectivity index (χ0n) is 13.3. The molecular weight excluding hydrogens is 309 g/mol. The van der Waals surface area contributed by atoms with Crippen LogP contribution in [0.4, 0.5) is 10.1 Å². The molecule has 0 saturated carbocycles.